The summed E-state index contributed by atoms with van der Waals surface area (Å²) in [7, 11) is 0. The summed E-state index contributed by atoms with van der Waals surface area (Å²) in [6, 6.07) is 5.82. The molecule has 3 nitrogen and oxygen atoms in total. The SMILES string of the molecule is O=C(O)CCN(C1CC1)C1CCc2cc(F)ccc21. The van der Waals surface area contributed by atoms with Crippen molar-refractivity contribution in [3.63, 3.8) is 0 Å². The Morgan fingerprint density at radius 1 is 1.37 bits per heavy atom. The molecule has 19 heavy (non-hydrogen) atoms. The maximum Gasteiger partial charge on any atom is 0.304 e. The summed E-state index contributed by atoms with van der Waals surface area (Å²) in [6.45, 7) is 0.599. The number of fused-ring (bicyclic) bond motifs is 1. The van der Waals surface area contributed by atoms with Crippen molar-refractivity contribution in [1.29, 1.82) is 0 Å². The van der Waals surface area contributed by atoms with E-state index in [0.717, 1.165) is 31.2 Å². The normalized spacial score (nSPS) is 21.7. The third-order valence-corrected chi connectivity index (χ3v) is 4.15. The van der Waals surface area contributed by atoms with Crippen LogP contribution in [0.5, 0.6) is 0 Å². The van der Waals surface area contributed by atoms with Gasteiger partial charge in [0.05, 0.1) is 6.42 Å². The molecule has 1 atom stereocenters. The average Bonchev–Trinajstić information content (AvgIpc) is 3.11. The van der Waals surface area contributed by atoms with Gasteiger partial charge >= 0.3 is 5.97 Å². The Morgan fingerprint density at radius 3 is 2.84 bits per heavy atom. The van der Waals surface area contributed by atoms with Gasteiger partial charge in [-0.25, -0.2) is 4.39 Å². The van der Waals surface area contributed by atoms with Crippen LogP contribution in [0.2, 0.25) is 0 Å². The van der Waals surface area contributed by atoms with E-state index in [-0.39, 0.29) is 18.3 Å². The fourth-order valence-corrected chi connectivity index (χ4v) is 3.13. The molecule has 0 aromatic heterocycles. The average molecular weight is 263 g/mol. The summed E-state index contributed by atoms with van der Waals surface area (Å²) >= 11 is 0. The van der Waals surface area contributed by atoms with Gasteiger partial charge in [0, 0.05) is 18.6 Å². The van der Waals surface area contributed by atoms with Crippen LogP contribution in [0.15, 0.2) is 18.2 Å². The summed E-state index contributed by atoms with van der Waals surface area (Å²) < 4.78 is 13.2. The van der Waals surface area contributed by atoms with Crippen molar-refractivity contribution < 1.29 is 14.3 Å². The van der Waals surface area contributed by atoms with Crippen LogP contribution in [-0.4, -0.2) is 28.6 Å². The van der Waals surface area contributed by atoms with Crippen LogP contribution in [0.1, 0.15) is 42.9 Å². The third kappa shape index (κ3) is 2.63. The van der Waals surface area contributed by atoms with Crippen LogP contribution in [0.3, 0.4) is 0 Å². The number of aliphatic carboxylic acids is 1. The van der Waals surface area contributed by atoms with Gasteiger partial charge in [0.25, 0.3) is 0 Å². The first-order valence-electron chi connectivity index (χ1n) is 6.91. The van der Waals surface area contributed by atoms with E-state index in [0.29, 0.717) is 12.6 Å². The van der Waals surface area contributed by atoms with Crippen LogP contribution in [0, 0.1) is 5.82 Å². The van der Waals surface area contributed by atoms with Crippen LogP contribution in [-0.2, 0) is 11.2 Å². The first-order chi connectivity index (χ1) is 9.15. The van der Waals surface area contributed by atoms with Gasteiger partial charge in [-0.1, -0.05) is 6.07 Å². The molecule has 0 amide bonds. The van der Waals surface area contributed by atoms with Crippen molar-refractivity contribution in [2.24, 2.45) is 0 Å². The highest BCUT2D eigenvalue weighted by molar-refractivity contribution is 5.66. The van der Waals surface area contributed by atoms with Gasteiger partial charge in [-0.15, -0.1) is 0 Å². The van der Waals surface area contributed by atoms with Crippen molar-refractivity contribution in [3.8, 4) is 0 Å². The van der Waals surface area contributed by atoms with Gasteiger partial charge < -0.3 is 5.11 Å². The molecule has 0 aliphatic heterocycles. The first kappa shape index (κ1) is 12.6. The quantitative estimate of drug-likeness (QED) is 0.888. The molecule has 102 valence electrons. The highest BCUT2D eigenvalue weighted by Crippen LogP contribution is 2.41. The molecule has 1 saturated carbocycles. The Hall–Kier alpha value is -1.42. The lowest BCUT2D eigenvalue weighted by Gasteiger charge is -2.29. The van der Waals surface area contributed by atoms with E-state index in [9.17, 15) is 9.18 Å². The molecule has 0 spiro atoms. The number of hydrogen-bond donors (Lipinski definition) is 1. The van der Waals surface area contributed by atoms with Crippen molar-refractivity contribution in [1.82, 2.24) is 4.90 Å². The van der Waals surface area contributed by atoms with Gasteiger partial charge in [0.15, 0.2) is 0 Å². The second kappa shape index (κ2) is 4.93. The molecule has 1 unspecified atom stereocenters. The number of hydrogen-bond acceptors (Lipinski definition) is 2. The summed E-state index contributed by atoms with van der Waals surface area (Å²) in [5.74, 6) is -0.925. The number of benzene rings is 1. The van der Waals surface area contributed by atoms with E-state index in [1.54, 1.807) is 6.07 Å². The molecule has 1 fully saturated rings. The summed E-state index contributed by atoms with van der Waals surface area (Å²) in [6.07, 6.45) is 4.38. The lowest BCUT2D eigenvalue weighted by Crippen LogP contribution is -2.32. The van der Waals surface area contributed by atoms with Crippen LogP contribution in [0.25, 0.3) is 0 Å². The zero-order valence-corrected chi connectivity index (χ0v) is 10.8. The number of halogens is 1. The van der Waals surface area contributed by atoms with E-state index in [1.807, 2.05) is 6.07 Å². The first-order valence-corrected chi connectivity index (χ1v) is 6.91. The minimum atomic E-state index is -0.747. The molecule has 0 bridgehead atoms. The van der Waals surface area contributed by atoms with E-state index < -0.39 is 5.97 Å². The van der Waals surface area contributed by atoms with Gasteiger partial charge in [-0.2, -0.15) is 0 Å². The Labute approximate surface area is 112 Å². The molecular weight excluding hydrogens is 245 g/mol. The zero-order chi connectivity index (χ0) is 13.4. The van der Waals surface area contributed by atoms with Gasteiger partial charge in [0.1, 0.15) is 5.82 Å². The van der Waals surface area contributed by atoms with Crippen molar-refractivity contribution in [3.05, 3.63) is 35.1 Å². The Balaban J connectivity index is 1.79. The number of rotatable bonds is 5. The molecule has 3 rings (SSSR count). The molecule has 1 N–H and O–H groups in total. The minimum absolute atomic E-state index is 0.178. The number of nitrogens with zero attached hydrogens (tertiary/aromatic N) is 1. The topological polar surface area (TPSA) is 40.5 Å². The van der Waals surface area contributed by atoms with E-state index in [4.69, 9.17) is 5.11 Å². The lowest BCUT2D eigenvalue weighted by atomic mass is 10.1. The lowest BCUT2D eigenvalue weighted by molar-refractivity contribution is -0.137. The second-order valence-corrected chi connectivity index (χ2v) is 5.51. The maximum atomic E-state index is 13.2. The molecule has 4 heteroatoms. The standard InChI is InChI=1S/C15H18FNO2/c16-11-2-5-13-10(9-11)1-6-14(13)17(12-3-4-12)8-7-15(18)19/h2,5,9,12,14H,1,3-4,6-8H2,(H,18,19). The predicted molar refractivity (Wildman–Crippen MR) is 69.4 cm³/mol. The largest absolute Gasteiger partial charge is 0.481 e. The predicted octanol–water partition coefficient (Wildman–Crippen LogP) is 2.75. The molecule has 2 aliphatic rings. The Morgan fingerprint density at radius 2 is 2.16 bits per heavy atom. The van der Waals surface area contributed by atoms with Gasteiger partial charge in [0.2, 0.25) is 0 Å². The summed E-state index contributed by atoms with van der Waals surface area (Å²) in [4.78, 5) is 13.1. The molecule has 0 saturated heterocycles. The van der Waals surface area contributed by atoms with E-state index in [1.165, 1.54) is 11.6 Å². The van der Waals surface area contributed by atoms with Crippen molar-refractivity contribution in [2.45, 2.75) is 44.2 Å². The number of carboxylic acid groups (broad SMARTS) is 1. The van der Waals surface area contributed by atoms with E-state index in [2.05, 4.69) is 4.90 Å². The molecule has 2 aliphatic carbocycles. The fraction of sp³-hybridized carbons (Fsp3) is 0.533. The highest BCUT2D eigenvalue weighted by atomic mass is 19.1. The summed E-state index contributed by atoms with van der Waals surface area (Å²) in [5.41, 5.74) is 2.28. The third-order valence-electron chi connectivity index (χ3n) is 4.15. The number of carboxylic acids is 1. The van der Waals surface area contributed by atoms with Crippen LogP contribution >= 0.6 is 0 Å². The molecule has 0 heterocycles. The minimum Gasteiger partial charge on any atom is -0.481 e. The molecule has 1 aromatic carbocycles. The Bertz CT molecular complexity index is 499. The van der Waals surface area contributed by atoms with Crippen molar-refractivity contribution >= 4 is 5.97 Å². The number of carbonyl (C=O) groups is 1. The van der Waals surface area contributed by atoms with Gasteiger partial charge in [-0.05, 0) is 48.9 Å². The summed E-state index contributed by atoms with van der Waals surface area (Å²) in [5, 5.41) is 8.86. The number of aryl methyl sites for hydroxylation is 1. The highest BCUT2D eigenvalue weighted by Gasteiger charge is 2.37. The van der Waals surface area contributed by atoms with Crippen LogP contribution in [0.4, 0.5) is 4.39 Å². The molecule has 1 aromatic rings. The maximum absolute atomic E-state index is 13.2. The second-order valence-electron chi connectivity index (χ2n) is 5.51. The monoisotopic (exact) mass is 263 g/mol. The molecular formula is C15H18FNO2. The van der Waals surface area contributed by atoms with E-state index >= 15 is 0 Å². The smallest absolute Gasteiger partial charge is 0.304 e. The van der Waals surface area contributed by atoms with Gasteiger partial charge in [-0.3, -0.25) is 9.69 Å². The van der Waals surface area contributed by atoms with Crippen LogP contribution < -0.4 is 0 Å². The van der Waals surface area contributed by atoms with Crippen molar-refractivity contribution in [2.75, 3.05) is 6.54 Å². The zero-order valence-electron chi connectivity index (χ0n) is 10.8. The molecule has 0 radical (unpaired) electrons. The Kier molecular flexibility index (Phi) is 3.27. The fourth-order valence-electron chi connectivity index (χ4n) is 3.13.